The van der Waals surface area contributed by atoms with Crippen LogP contribution in [0.5, 0.6) is 0 Å². The zero-order valence-corrected chi connectivity index (χ0v) is 16.6. The maximum atomic E-state index is 12.5. The second-order valence-electron chi connectivity index (χ2n) is 7.59. The summed E-state index contributed by atoms with van der Waals surface area (Å²) in [6, 6.07) is 16.0. The molecule has 0 spiro atoms. The fourth-order valence-electron chi connectivity index (χ4n) is 4.01. The molecule has 0 unspecified atom stereocenters. The summed E-state index contributed by atoms with van der Waals surface area (Å²) in [7, 11) is 0. The normalized spacial score (nSPS) is 14.1. The Morgan fingerprint density at radius 3 is 2.60 bits per heavy atom. The number of piperidine rings is 1. The van der Waals surface area contributed by atoms with E-state index in [1.165, 1.54) is 24.9 Å². The number of anilines is 3. The summed E-state index contributed by atoms with van der Waals surface area (Å²) in [5.41, 5.74) is 3.65. The predicted molar refractivity (Wildman–Crippen MR) is 121 cm³/mol. The van der Waals surface area contributed by atoms with Gasteiger partial charge in [0.2, 0.25) is 0 Å². The van der Waals surface area contributed by atoms with Gasteiger partial charge >= 0.3 is 0 Å². The summed E-state index contributed by atoms with van der Waals surface area (Å²) in [4.78, 5) is 26.7. The molecule has 0 bridgehead atoms. The minimum absolute atomic E-state index is 0.162. The van der Waals surface area contributed by atoms with E-state index in [4.69, 9.17) is 4.98 Å². The SMILES string of the molecule is O=c1[nH]ccc2cc(-c3cccnc3)nc(Nc3ccc(N4CCCCC4)cc3)c12. The van der Waals surface area contributed by atoms with Gasteiger partial charge in [-0.3, -0.25) is 9.78 Å². The second-order valence-corrected chi connectivity index (χ2v) is 7.59. The van der Waals surface area contributed by atoms with E-state index in [-0.39, 0.29) is 5.56 Å². The van der Waals surface area contributed by atoms with E-state index in [1.807, 2.05) is 36.4 Å². The van der Waals surface area contributed by atoms with Crippen molar-refractivity contribution < 1.29 is 0 Å². The van der Waals surface area contributed by atoms with Gasteiger partial charge < -0.3 is 15.2 Å². The molecular formula is C24H23N5O. The molecule has 5 rings (SSSR count). The number of benzene rings is 1. The highest BCUT2D eigenvalue weighted by Gasteiger charge is 2.13. The van der Waals surface area contributed by atoms with Gasteiger partial charge in [-0.2, -0.15) is 0 Å². The van der Waals surface area contributed by atoms with Crippen LogP contribution in [0.1, 0.15) is 19.3 Å². The van der Waals surface area contributed by atoms with Crippen LogP contribution in [0.4, 0.5) is 17.2 Å². The third-order valence-electron chi connectivity index (χ3n) is 5.56. The number of rotatable bonds is 4. The molecule has 150 valence electrons. The summed E-state index contributed by atoms with van der Waals surface area (Å²) in [6.45, 7) is 2.23. The van der Waals surface area contributed by atoms with Crippen LogP contribution < -0.4 is 15.8 Å². The summed E-state index contributed by atoms with van der Waals surface area (Å²) in [5, 5.41) is 4.74. The summed E-state index contributed by atoms with van der Waals surface area (Å²) in [6.07, 6.45) is 8.99. The zero-order valence-electron chi connectivity index (χ0n) is 16.6. The van der Waals surface area contributed by atoms with E-state index in [1.54, 1.807) is 18.6 Å². The Morgan fingerprint density at radius 1 is 1.00 bits per heavy atom. The number of hydrogen-bond donors (Lipinski definition) is 2. The first-order valence-corrected chi connectivity index (χ1v) is 10.3. The topological polar surface area (TPSA) is 73.9 Å². The Morgan fingerprint density at radius 2 is 1.83 bits per heavy atom. The Bertz CT molecular complexity index is 1210. The molecule has 0 amide bonds. The van der Waals surface area contributed by atoms with E-state index < -0.39 is 0 Å². The Kier molecular flexibility index (Phi) is 4.89. The molecule has 0 radical (unpaired) electrons. The maximum Gasteiger partial charge on any atom is 0.259 e. The first kappa shape index (κ1) is 18.4. The number of pyridine rings is 3. The largest absolute Gasteiger partial charge is 0.372 e. The average molecular weight is 397 g/mol. The van der Waals surface area contributed by atoms with Crippen molar-refractivity contribution in [3.05, 3.63) is 77.5 Å². The first-order valence-electron chi connectivity index (χ1n) is 10.3. The fourth-order valence-corrected chi connectivity index (χ4v) is 4.01. The van der Waals surface area contributed by atoms with Crippen molar-refractivity contribution in [2.24, 2.45) is 0 Å². The molecule has 30 heavy (non-hydrogen) atoms. The highest BCUT2D eigenvalue weighted by atomic mass is 16.1. The molecule has 4 heterocycles. The monoisotopic (exact) mass is 397 g/mol. The van der Waals surface area contributed by atoms with Crippen molar-refractivity contribution in [2.75, 3.05) is 23.3 Å². The highest BCUT2D eigenvalue weighted by Crippen LogP contribution is 2.28. The van der Waals surface area contributed by atoms with E-state index in [2.05, 4.69) is 32.3 Å². The molecule has 2 N–H and O–H groups in total. The van der Waals surface area contributed by atoms with Crippen molar-refractivity contribution in [1.82, 2.24) is 15.0 Å². The molecule has 1 saturated heterocycles. The van der Waals surface area contributed by atoms with Crippen molar-refractivity contribution in [1.29, 1.82) is 0 Å². The number of nitrogens with zero attached hydrogens (tertiary/aromatic N) is 3. The van der Waals surface area contributed by atoms with Gasteiger partial charge in [0.05, 0.1) is 11.1 Å². The van der Waals surface area contributed by atoms with Gasteiger partial charge in [-0.1, -0.05) is 0 Å². The molecule has 0 saturated carbocycles. The van der Waals surface area contributed by atoms with Crippen molar-refractivity contribution in [3.8, 4) is 11.3 Å². The van der Waals surface area contributed by atoms with Crippen LogP contribution in [-0.4, -0.2) is 28.0 Å². The minimum atomic E-state index is -0.162. The number of fused-ring (bicyclic) bond motifs is 1. The number of aromatic nitrogens is 3. The highest BCUT2D eigenvalue weighted by molar-refractivity contribution is 5.95. The predicted octanol–water partition coefficient (Wildman–Crippen LogP) is 4.72. The number of hydrogen-bond acceptors (Lipinski definition) is 5. The number of nitrogens with one attached hydrogen (secondary N) is 2. The molecular weight excluding hydrogens is 374 g/mol. The Hall–Kier alpha value is -3.67. The average Bonchev–Trinajstić information content (AvgIpc) is 2.81. The quantitative estimate of drug-likeness (QED) is 0.521. The minimum Gasteiger partial charge on any atom is -0.372 e. The lowest BCUT2D eigenvalue weighted by molar-refractivity contribution is 0.578. The molecule has 4 aromatic rings. The van der Waals surface area contributed by atoms with Crippen molar-refractivity contribution >= 4 is 28.0 Å². The summed E-state index contributed by atoms with van der Waals surface area (Å²) < 4.78 is 0. The number of aromatic amines is 1. The number of H-pyrrole nitrogens is 1. The maximum absolute atomic E-state index is 12.5. The van der Waals surface area contributed by atoms with E-state index in [0.717, 1.165) is 35.4 Å². The van der Waals surface area contributed by atoms with Gasteiger partial charge in [0.15, 0.2) is 0 Å². The molecule has 6 heteroatoms. The summed E-state index contributed by atoms with van der Waals surface area (Å²) >= 11 is 0. The third-order valence-corrected chi connectivity index (χ3v) is 5.56. The third kappa shape index (κ3) is 3.64. The fraction of sp³-hybridized carbons (Fsp3) is 0.208. The van der Waals surface area contributed by atoms with Gasteiger partial charge in [-0.15, -0.1) is 0 Å². The van der Waals surface area contributed by atoms with Crippen molar-refractivity contribution in [2.45, 2.75) is 19.3 Å². The van der Waals surface area contributed by atoms with E-state index in [0.29, 0.717) is 11.2 Å². The molecule has 3 aromatic heterocycles. The molecule has 6 nitrogen and oxygen atoms in total. The second kappa shape index (κ2) is 7.99. The molecule has 0 atom stereocenters. The van der Waals surface area contributed by atoms with E-state index in [9.17, 15) is 4.79 Å². The molecule has 1 aromatic carbocycles. The Labute approximate surface area is 174 Å². The van der Waals surface area contributed by atoms with Crippen molar-refractivity contribution in [3.63, 3.8) is 0 Å². The molecule has 1 aliphatic rings. The molecule has 0 aliphatic carbocycles. The van der Waals surface area contributed by atoms with Crippen LogP contribution in [0.25, 0.3) is 22.0 Å². The lowest BCUT2D eigenvalue weighted by atomic mass is 10.1. The van der Waals surface area contributed by atoms with Gasteiger partial charge in [-0.05, 0) is 73.2 Å². The van der Waals surface area contributed by atoms with Gasteiger partial charge in [0.1, 0.15) is 5.82 Å². The van der Waals surface area contributed by atoms with Crippen LogP contribution in [0.3, 0.4) is 0 Å². The zero-order chi connectivity index (χ0) is 20.3. The first-order chi connectivity index (χ1) is 14.8. The van der Waals surface area contributed by atoms with E-state index >= 15 is 0 Å². The van der Waals surface area contributed by atoms with Gasteiger partial charge in [0.25, 0.3) is 5.56 Å². The smallest absolute Gasteiger partial charge is 0.259 e. The van der Waals surface area contributed by atoms with Crippen LogP contribution in [-0.2, 0) is 0 Å². The van der Waals surface area contributed by atoms with Crippen LogP contribution in [0.15, 0.2) is 71.9 Å². The molecule has 1 fully saturated rings. The Balaban J connectivity index is 1.52. The summed E-state index contributed by atoms with van der Waals surface area (Å²) in [5.74, 6) is 0.541. The molecule has 1 aliphatic heterocycles. The standard InChI is InChI=1S/C24H23N5O/c30-24-22-17(10-12-26-24)15-21(18-5-4-11-25-16-18)28-23(22)27-19-6-8-20(9-7-19)29-13-2-1-3-14-29/h4-12,15-16H,1-3,13-14H2,(H,26,30)(H,27,28). The van der Waals surface area contributed by atoms with Crippen LogP contribution in [0, 0.1) is 0 Å². The van der Waals surface area contributed by atoms with Crippen LogP contribution in [0.2, 0.25) is 0 Å². The lowest BCUT2D eigenvalue weighted by Gasteiger charge is -2.28. The van der Waals surface area contributed by atoms with Crippen LogP contribution >= 0.6 is 0 Å². The van der Waals surface area contributed by atoms with Gasteiger partial charge in [-0.25, -0.2) is 4.98 Å². The lowest BCUT2D eigenvalue weighted by Crippen LogP contribution is -2.29. The van der Waals surface area contributed by atoms with Gasteiger partial charge in [0, 0.05) is 48.6 Å².